The maximum absolute atomic E-state index is 9.80. The highest BCUT2D eigenvalue weighted by molar-refractivity contribution is 7.10. The highest BCUT2D eigenvalue weighted by atomic mass is 32.1. The molecule has 2 nitrogen and oxygen atoms in total. The Kier molecular flexibility index (Phi) is 11.4. The summed E-state index contributed by atoms with van der Waals surface area (Å²) in [5, 5.41) is 9.80. The molecule has 0 N–H and O–H groups in total. The molecule has 0 unspecified atom stereocenters. The number of rotatable bonds is 5. The Morgan fingerprint density at radius 1 is 1.12 bits per heavy atom. The van der Waals surface area contributed by atoms with Gasteiger partial charge in [-0.3, -0.25) is 0 Å². The number of benzene rings is 1. The zero-order valence-electron chi connectivity index (χ0n) is 19.5. The molecule has 0 bridgehead atoms. The Bertz CT molecular complexity index is 1100. The van der Waals surface area contributed by atoms with Crippen molar-refractivity contribution in [1.29, 1.82) is 5.26 Å². The molecule has 0 spiro atoms. The lowest BCUT2D eigenvalue weighted by Gasteiger charge is -2.15. The molecule has 1 aromatic carbocycles. The Labute approximate surface area is 199 Å². The van der Waals surface area contributed by atoms with Crippen LogP contribution in [0, 0.1) is 32.1 Å². The Balaban J connectivity index is 0.00000166. The van der Waals surface area contributed by atoms with Gasteiger partial charge in [0, 0.05) is 4.88 Å². The van der Waals surface area contributed by atoms with Gasteiger partial charge in [-0.15, -0.1) is 11.3 Å². The first-order valence-electron chi connectivity index (χ1n) is 10.9. The summed E-state index contributed by atoms with van der Waals surface area (Å²) < 4.78 is 0. The smallest absolute Gasteiger partial charge is 0.0994 e. The lowest BCUT2D eigenvalue weighted by molar-refractivity contribution is 1.11. The molecular weight excluding hydrogens is 408 g/mol. The van der Waals surface area contributed by atoms with E-state index in [0.29, 0.717) is 0 Å². The molecule has 3 rings (SSSR count). The van der Waals surface area contributed by atoms with E-state index in [9.17, 15) is 5.26 Å². The van der Waals surface area contributed by atoms with Crippen LogP contribution in [0.2, 0.25) is 0 Å². The summed E-state index contributed by atoms with van der Waals surface area (Å²) in [6.07, 6.45) is 16.3. The topological polar surface area (TPSA) is 36.7 Å². The van der Waals surface area contributed by atoms with E-state index in [2.05, 4.69) is 73.5 Å². The maximum atomic E-state index is 9.80. The van der Waals surface area contributed by atoms with Gasteiger partial charge < -0.3 is 0 Å². The van der Waals surface area contributed by atoms with E-state index in [1.165, 1.54) is 22.3 Å². The fourth-order valence-corrected chi connectivity index (χ4v) is 4.28. The number of hydrogen-bond donors (Lipinski definition) is 0. The molecule has 0 amide bonds. The van der Waals surface area contributed by atoms with Crippen LogP contribution < -0.4 is 0 Å². The summed E-state index contributed by atoms with van der Waals surface area (Å²) in [4.78, 5) is 5.48. The summed E-state index contributed by atoms with van der Waals surface area (Å²) in [7, 11) is 0. The van der Waals surface area contributed by atoms with Crippen LogP contribution in [-0.2, 0) is 6.42 Å². The molecule has 1 aromatic heterocycles. The third-order valence-corrected chi connectivity index (χ3v) is 6.19. The lowest BCUT2D eigenvalue weighted by Crippen LogP contribution is -2.01. The van der Waals surface area contributed by atoms with E-state index in [-0.39, 0.29) is 7.43 Å². The van der Waals surface area contributed by atoms with Crippen molar-refractivity contribution in [2.45, 2.75) is 61.8 Å². The number of hydrogen-bond acceptors (Lipinski definition) is 3. The summed E-state index contributed by atoms with van der Waals surface area (Å²) in [6.45, 7) is 12.4. The molecule has 1 aliphatic carbocycles. The normalized spacial score (nSPS) is 13.3. The van der Waals surface area contributed by atoms with E-state index in [4.69, 9.17) is 0 Å². The molecule has 0 saturated carbocycles. The predicted molar refractivity (Wildman–Crippen MR) is 143 cm³/mol. The molecule has 0 aliphatic heterocycles. The van der Waals surface area contributed by atoms with Gasteiger partial charge in [0.1, 0.15) is 0 Å². The molecule has 1 aliphatic rings. The second kappa shape index (κ2) is 13.5. The zero-order valence-corrected chi connectivity index (χ0v) is 20.3. The standard InChI is InChI=1S/C26H26N2S.C2H6.CH4/c1-5-8-24-18(2)11-12-22(19(24)3)15-25-21(9-6-7-10-23(25)16-27)13-14-26-20(4)28-17-29-26;1-2;/h5,7-14,17H,6,15H2,1-4H3;1-2H3;1H4/b8-5-,14-13+;;. The van der Waals surface area contributed by atoms with Crippen LogP contribution in [0.15, 0.2) is 64.7 Å². The number of aromatic nitrogens is 1. The number of allylic oxidation sites excluding steroid dienone is 8. The third-order valence-electron chi connectivity index (χ3n) is 5.29. The number of thiazole rings is 1. The molecule has 0 fully saturated rings. The average Bonchev–Trinajstić information content (AvgIpc) is 3.09. The van der Waals surface area contributed by atoms with Crippen LogP contribution in [0.3, 0.4) is 0 Å². The fraction of sp³-hybridized carbons (Fsp3) is 0.310. The van der Waals surface area contributed by atoms with Gasteiger partial charge in [-0.25, -0.2) is 4.98 Å². The molecule has 168 valence electrons. The van der Waals surface area contributed by atoms with Crippen LogP contribution in [0.1, 0.15) is 67.4 Å². The van der Waals surface area contributed by atoms with Crippen molar-refractivity contribution >= 4 is 23.5 Å². The zero-order chi connectivity index (χ0) is 22.8. The molecule has 3 heteroatoms. The molecule has 32 heavy (non-hydrogen) atoms. The van der Waals surface area contributed by atoms with Crippen LogP contribution in [0.5, 0.6) is 0 Å². The highest BCUT2D eigenvalue weighted by Crippen LogP contribution is 2.29. The van der Waals surface area contributed by atoms with Crippen molar-refractivity contribution in [3.05, 3.63) is 97.6 Å². The molecule has 1 heterocycles. The Hall–Kier alpha value is -2.96. The minimum atomic E-state index is 0. The van der Waals surface area contributed by atoms with Crippen molar-refractivity contribution in [1.82, 2.24) is 4.98 Å². The van der Waals surface area contributed by atoms with Gasteiger partial charge in [-0.2, -0.15) is 5.26 Å². The van der Waals surface area contributed by atoms with Crippen molar-refractivity contribution < 1.29 is 0 Å². The van der Waals surface area contributed by atoms with E-state index >= 15 is 0 Å². The van der Waals surface area contributed by atoms with Crippen LogP contribution in [0.25, 0.3) is 12.2 Å². The summed E-state index contributed by atoms with van der Waals surface area (Å²) in [5.41, 5.74) is 10.9. The van der Waals surface area contributed by atoms with Gasteiger partial charge in [0.25, 0.3) is 0 Å². The van der Waals surface area contributed by atoms with Crippen LogP contribution in [0.4, 0.5) is 0 Å². The second-order valence-electron chi connectivity index (χ2n) is 7.19. The van der Waals surface area contributed by atoms with Crippen LogP contribution in [-0.4, -0.2) is 4.98 Å². The summed E-state index contributed by atoms with van der Waals surface area (Å²) in [6, 6.07) is 6.79. The summed E-state index contributed by atoms with van der Waals surface area (Å²) in [5.74, 6) is 0. The molecule has 2 aromatic rings. The lowest BCUT2D eigenvalue weighted by atomic mass is 9.89. The Morgan fingerprint density at radius 3 is 2.50 bits per heavy atom. The van der Waals surface area contributed by atoms with Gasteiger partial charge in [0.2, 0.25) is 0 Å². The quantitative estimate of drug-likeness (QED) is 0.462. The third kappa shape index (κ3) is 6.52. The SMILES string of the molecule is C.C/C=C\c1c(C)ccc(CC2=C(C#N)C=CCC=C2/C=C/c2scnc2C)c1C.CC. The van der Waals surface area contributed by atoms with Crippen molar-refractivity contribution in [2.75, 3.05) is 0 Å². The minimum Gasteiger partial charge on any atom is -0.249 e. The molecule has 0 radical (unpaired) electrons. The first-order chi connectivity index (χ1) is 15.0. The minimum absolute atomic E-state index is 0. The van der Waals surface area contributed by atoms with Gasteiger partial charge in [-0.05, 0) is 86.1 Å². The number of nitriles is 1. The molecule has 0 atom stereocenters. The van der Waals surface area contributed by atoms with Crippen LogP contribution >= 0.6 is 11.3 Å². The van der Waals surface area contributed by atoms with E-state index in [0.717, 1.165) is 40.1 Å². The van der Waals surface area contributed by atoms with Gasteiger partial charge in [0.05, 0.1) is 22.8 Å². The van der Waals surface area contributed by atoms with E-state index in [1.807, 2.05) is 39.3 Å². The summed E-state index contributed by atoms with van der Waals surface area (Å²) >= 11 is 1.64. The molecule has 0 saturated heterocycles. The highest BCUT2D eigenvalue weighted by Gasteiger charge is 2.14. The second-order valence-corrected chi connectivity index (χ2v) is 8.08. The fourth-order valence-electron chi connectivity index (χ4n) is 3.58. The van der Waals surface area contributed by atoms with Crippen molar-refractivity contribution in [2.24, 2.45) is 0 Å². The van der Waals surface area contributed by atoms with E-state index < -0.39 is 0 Å². The first kappa shape index (κ1) is 27.1. The van der Waals surface area contributed by atoms with E-state index in [1.54, 1.807) is 11.3 Å². The largest absolute Gasteiger partial charge is 0.249 e. The average molecular weight is 445 g/mol. The van der Waals surface area contributed by atoms with Gasteiger partial charge in [-0.1, -0.05) is 63.8 Å². The Morgan fingerprint density at radius 2 is 1.88 bits per heavy atom. The predicted octanol–water partition coefficient (Wildman–Crippen LogP) is 8.73. The van der Waals surface area contributed by atoms with Gasteiger partial charge >= 0.3 is 0 Å². The number of aryl methyl sites for hydroxylation is 2. The van der Waals surface area contributed by atoms with Crippen molar-refractivity contribution in [3.8, 4) is 6.07 Å². The number of nitrogens with zero attached hydrogens (tertiary/aromatic N) is 2. The molecular formula is C29H36N2S. The monoisotopic (exact) mass is 444 g/mol. The van der Waals surface area contributed by atoms with Gasteiger partial charge in [0.15, 0.2) is 0 Å². The van der Waals surface area contributed by atoms with Crippen molar-refractivity contribution in [3.63, 3.8) is 0 Å². The maximum Gasteiger partial charge on any atom is 0.0994 e. The first-order valence-corrected chi connectivity index (χ1v) is 11.7.